The summed E-state index contributed by atoms with van der Waals surface area (Å²) in [5.74, 6) is 0.0949. The minimum Gasteiger partial charge on any atom is -0.491 e. The first-order valence-corrected chi connectivity index (χ1v) is 12.6. The van der Waals surface area contributed by atoms with Gasteiger partial charge in [0.2, 0.25) is 0 Å². The van der Waals surface area contributed by atoms with Crippen LogP contribution in [0.1, 0.15) is 21.5 Å². The Hall–Kier alpha value is -3.36. The number of benzene rings is 3. The Morgan fingerprint density at radius 2 is 1.79 bits per heavy atom. The molecule has 10 heteroatoms. The molecular formula is C28H25Cl3N2O5. The molecule has 0 saturated carbocycles. The maximum Gasteiger partial charge on any atom is 0.307 e. The van der Waals surface area contributed by atoms with Crippen molar-refractivity contribution in [3.8, 4) is 28.3 Å². The zero-order valence-electron chi connectivity index (χ0n) is 20.6. The lowest BCUT2D eigenvalue weighted by atomic mass is 10.0. The summed E-state index contributed by atoms with van der Waals surface area (Å²) in [4.78, 5) is 22.4. The van der Waals surface area contributed by atoms with Crippen LogP contribution in [-0.4, -0.2) is 42.7 Å². The third kappa shape index (κ3) is 7.82. The topological polar surface area (TPSA) is 102 Å². The number of halogens is 3. The molecule has 0 spiro atoms. The largest absolute Gasteiger partial charge is 0.491 e. The molecule has 4 rings (SSSR count). The van der Waals surface area contributed by atoms with Gasteiger partial charge in [0.1, 0.15) is 18.1 Å². The van der Waals surface area contributed by atoms with Gasteiger partial charge in [0.15, 0.2) is 12.0 Å². The molecule has 0 aliphatic carbocycles. The van der Waals surface area contributed by atoms with Crippen LogP contribution in [0.4, 0.5) is 0 Å². The number of hydrogen-bond donors (Lipinski definition) is 2. The van der Waals surface area contributed by atoms with Crippen molar-refractivity contribution in [2.75, 3.05) is 20.2 Å². The lowest BCUT2D eigenvalue weighted by molar-refractivity contribution is -0.136. The fourth-order valence-corrected chi connectivity index (χ4v) is 4.16. The van der Waals surface area contributed by atoms with E-state index in [4.69, 9.17) is 49.2 Å². The lowest BCUT2D eigenvalue weighted by Gasteiger charge is -2.07. The predicted octanol–water partition coefficient (Wildman–Crippen LogP) is 7.00. The number of carbonyl (C=O) groups is 2. The van der Waals surface area contributed by atoms with Gasteiger partial charge in [-0.3, -0.25) is 9.59 Å². The second-order valence-corrected chi connectivity index (χ2v) is 9.42. The number of aromatic nitrogens is 1. The van der Waals surface area contributed by atoms with Crippen molar-refractivity contribution in [1.82, 2.24) is 10.5 Å². The normalized spacial score (nSPS) is 10.4. The van der Waals surface area contributed by atoms with Crippen molar-refractivity contribution >= 4 is 47.1 Å². The van der Waals surface area contributed by atoms with Crippen LogP contribution in [-0.2, 0) is 11.2 Å². The third-order valence-corrected chi connectivity index (χ3v) is 6.15. The van der Waals surface area contributed by atoms with E-state index in [1.54, 1.807) is 36.4 Å². The monoisotopic (exact) mass is 574 g/mol. The van der Waals surface area contributed by atoms with Crippen LogP contribution in [0.15, 0.2) is 65.2 Å². The quantitative estimate of drug-likeness (QED) is 0.164. The molecule has 1 aromatic heterocycles. The van der Waals surface area contributed by atoms with Gasteiger partial charge < -0.3 is 19.7 Å². The summed E-state index contributed by atoms with van der Waals surface area (Å²) in [5, 5.41) is 17.3. The minimum atomic E-state index is -0.944. The van der Waals surface area contributed by atoms with Gasteiger partial charge in [-0.1, -0.05) is 81.9 Å². The van der Waals surface area contributed by atoms with Crippen LogP contribution in [0, 0.1) is 6.92 Å². The fraction of sp³-hybridized carbons (Fsp3) is 0.179. The number of carboxylic acid groups (broad SMARTS) is 1. The number of carboxylic acids is 1. The summed E-state index contributed by atoms with van der Waals surface area (Å²) in [6, 6.07) is 17.6. The number of carbonyl (C=O) groups excluding carboxylic acids is 1. The lowest BCUT2D eigenvalue weighted by Crippen LogP contribution is -2.15. The van der Waals surface area contributed by atoms with E-state index >= 15 is 0 Å². The SMILES string of the molecule is CNCCOc1ccc(Cl)cc1Cl.Cc1ccc(-c2onc(-c3ccc(CC(=O)O)cc3Cl)c2C=O)cc1. The Kier molecular flexibility index (Phi) is 10.7. The smallest absolute Gasteiger partial charge is 0.307 e. The average Bonchev–Trinajstić information content (AvgIpc) is 3.30. The van der Waals surface area contributed by atoms with E-state index < -0.39 is 5.97 Å². The van der Waals surface area contributed by atoms with Crippen molar-refractivity contribution in [3.63, 3.8) is 0 Å². The molecule has 198 valence electrons. The highest BCUT2D eigenvalue weighted by Crippen LogP contribution is 2.35. The molecule has 0 atom stereocenters. The van der Waals surface area contributed by atoms with E-state index in [-0.39, 0.29) is 6.42 Å². The molecule has 4 aromatic rings. The van der Waals surface area contributed by atoms with E-state index in [2.05, 4.69) is 10.5 Å². The second kappa shape index (κ2) is 14.0. The van der Waals surface area contributed by atoms with Crippen LogP contribution >= 0.6 is 34.8 Å². The Bertz CT molecular complexity index is 1400. The molecule has 0 amide bonds. The number of nitrogens with zero attached hydrogens (tertiary/aromatic N) is 1. The maximum atomic E-state index is 11.6. The average molecular weight is 576 g/mol. The predicted molar refractivity (Wildman–Crippen MR) is 150 cm³/mol. The van der Waals surface area contributed by atoms with Crippen molar-refractivity contribution in [2.45, 2.75) is 13.3 Å². The van der Waals surface area contributed by atoms with E-state index in [1.165, 1.54) is 0 Å². The van der Waals surface area contributed by atoms with Crippen LogP contribution in [0.2, 0.25) is 15.1 Å². The van der Waals surface area contributed by atoms with Crippen LogP contribution in [0.5, 0.6) is 5.75 Å². The highest BCUT2D eigenvalue weighted by Gasteiger charge is 2.20. The summed E-state index contributed by atoms with van der Waals surface area (Å²) in [5.41, 5.74) is 3.55. The van der Waals surface area contributed by atoms with Gasteiger partial charge in [-0.2, -0.15) is 0 Å². The highest BCUT2D eigenvalue weighted by atomic mass is 35.5. The van der Waals surface area contributed by atoms with Gasteiger partial charge in [-0.15, -0.1) is 0 Å². The fourth-order valence-electron chi connectivity index (χ4n) is 3.40. The Labute approximate surface area is 235 Å². The molecule has 0 unspecified atom stereocenters. The van der Waals surface area contributed by atoms with Crippen molar-refractivity contribution in [3.05, 3.63) is 92.4 Å². The molecule has 0 radical (unpaired) electrons. The number of rotatable bonds is 9. The van der Waals surface area contributed by atoms with Gasteiger partial charge in [-0.25, -0.2) is 0 Å². The van der Waals surface area contributed by atoms with E-state index in [0.717, 1.165) is 17.7 Å². The zero-order valence-corrected chi connectivity index (χ0v) is 22.9. The van der Waals surface area contributed by atoms with Crippen molar-refractivity contribution in [1.29, 1.82) is 0 Å². The van der Waals surface area contributed by atoms with E-state index in [1.807, 2.05) is 38.2 Å². The Balaban J connectivity index is 0.000000260. The van der Waals surface area contributed by atoms with Gasteiger partial charge in [0, 0.05) is 22.7 Å². The number of ether oxygens (including phenoxy) is 1. The molecule has 7 nitrogen and oxygen atoms in total. The zero-order chi connectivity index (χ0) is 27.7. The minimum absolute atomic E-state index is 0.131. The summed E-state index contributed by atoms with van der Waals surface area (Å²) >= 11 is 17.9. The maximum absolute atomic E-state index is 11.6. The molecule has 3 aromatic carbocycles. The van der Waals surface area contributed by atoms with Gasteiger partial charge in [-0.05, 0) is 43.8 Å². The summed E-state index contributed by atoms with van der Waals surface area (Å²) in [6.07, 6.45) is 0.552. The molecule has 0 saturated heterocycles. The van der Waals surface area contributed by atoms with E-state index in [0.29, 0.717) is 61.9 Å². The highest BCUT2D eigenvalue weighted by molar-refractivity contribution is 6.35. The van der Waals surface area contributed by atoms with Crippen LogP contribution in [0.25, 0.3) is 22.6 Å². The molecule has 1 heterocycles. The van der Waals surface area contributed by atoms with Crippen molar-refractivity contribution < 1.29 is 24.0 Å². The molecule has 0 fully saturated rings. The Morgan fingerprint density at radius 3 is 2.39 bits per heavy atom. The number of nitrogens with one attached hydrogen (secondary N) is 1. The molecular weight excluding hydrogens is 551 g/mol. The summed E-state index contributed by atoms with van der Waals surface area (Å²) in [7, 11) is 1.87. The number of aryl methyl sites for hydroxylation is 1. The molecule has 0 aliphatic rings. The number of aliphatic carboxylic acids is 1. The number of hydrogen-bond acceptors (Lipinski definition) is 6. The molecule has 0 aliphatic heterocycles. The number of aldehydes is 1. The number of likely N-dealkylation sites (N-methyl/N-ethyl adjacent to an activating group) is 1. The first-order chi connectivity index (χ1) is 18.2. The van der Waals surface area contributed by atoms with E-state index in [9.17, 15) is 9.59 Å². The standard InChI is InChI=1S/C19H14ClNO4.C9H11Cl2NO/c1-11-2-5-13(6-3-11)19-15(10-22)18(21-25-19)14-7-4-12(8-16(14)20)9-17(23)24;1-12-4-5-13-9-3-2-7(10)6-8(9)11/h2-8,10H,9H2,1H3,(H,23,24);2-3,6,12H,4-5H2,1H3. The summed E-state index contributed by atoms with van der Waals surface area (Å²) < 4.78 is 10.8. The van der Waals surface area contributed by atoms with Crippen LogP contribution in [0.3, 0.4) is 0 Å². The van der Waals surface area contributed by atoms with Crippen molar-refractivity contribution in [2.24, 2.45) is 0 Å². The first kappa shape index (κ1) is 29.2. The van der Waals surface area contributed by atoms with Gasteiger partial charge >= 0.3 is 5.97 Å². The van der Waals surface area contributed by atoms with Gasteiger partial charge in [0.25, 0.3) is 0 Å². The Morgan fingerprint density at radius 1 is 1.05 bits per heavy atom. The van der Waals surface area contributed by atoms with Gasteiger partial charge in [0.05, 0.1) is 22.0 Å². The molecule has 0 bridgehead atoms. The first-order valence-electron chi connectivity index (χ1n) is 11.5. The molecule has 2 N–H and O–H groups in total. The second-order valence-electron chi connectivity index (χ2n) is 8.17. The molecule has 38 heavy (non-hydrogen) atoms. The summed E-state index contributed by atoms with van der Waals surface area (Å²) in [6.45, 7) is 3.35. The third-order valence-electron chi connectivity index (χ3n) is 5.31. The van der Waals surface area contributed by atoms with Crippen LogP contribution < -0.4 is 10.1 Å².